The molecule has 5 nitrogen and oxygen atoms in total. The topological polar surface area (TPSA) is 46.9 Å². The van der Waals surface area contributed by atoms with E-state index in [1.54, 1.807) is 0 Å². The lowest BCUT2D eigenvalue weighted by Gasteiger charge is -2.32. The highest BCUT2D eigenvalue weighted by Gasteiger charge is 2.29. The van der Waals surface area contributed by atoms with Crippen molar-refractivity contribution in [3.63, 3.8) is 0 Å². The van der Waals surface area contributed by atoms with Crippen molar-refractivity contribution in [2.75, 3.05) is 31.1 Å². The first kappa shape index (κ1) is 16.3. The molecule has 1 aromatic heterocycles. The van der Waals surface area contributed by atoms with Gasteiger partial charge in [0.25, 0.3) is 11.7 Å². The van der Waals surface area contributed by atoms with E-state index in [0.717, 1.165) is 24.7 Å². The first-order valence-corrected chi connectivity index (χ1v) is 8.37. The standard InChI is InChI=1S/C19H23N3O2/c1-15-6-8-17(9-7-15)24-16(2)19(23)22-13-11-21(12-14-22)18-5-3-4-10-20-18/h3-10,16H,11-14H2,1-2H3/p+1/t16-/m0/s1. The van der Waals surface area contributed by atoms with E-state index >= 15 is 0 Å². The van der Waals surface area contributed by atoms with Gasteiger partial charge in [0.05, 0.1) is 19.3 Å². The van der Waals surface area contributed by atoms with Crippen LogP contribution in [0.4, 0.5) is 5.82 Å². The zero-order chi connectivity index (χ0) is 16.9. The third-order valence-electron chi connectivity index (χ3n) is 4.31. The minimum atomic E-state index is -0.470. The van der Waals surface area contributed by atoms with Crippen molar-refractivity contribution in [2.45, 2.75) is 20.0 Å². The number of anilines is 1. The number of hydrogen-bond donors (Lipinski definition) is 0. The van der Waals surface area contributed by atoms with E-state index in [9.17, 15) is 4.79 Å². The second-order valence-corrected chi connectivity index (χ2v) is 6.13. The number of hydrogen-bond acceptors (Lipinski definition) is 3. The molecule has 1 fully saturated rings. The zero-order valence-electron chi connectivity index (χ0n) is 14.2. The molecule has 2 heterocycles. The lowest BCUT2D eigenvalue weighted by molar-refractivity contribution is -0.364. The smallest absolute Gasteiger partial charge is 0.274 e. The highest BCUT2D eigenvalue weighted by molar-refractivity contribution is 5.81. The molecule has 0 bridgehead atoms. The van der Waals surface area contributed by atoms with Crippen LogP contribution in [0.5, 0.6) is 5.75 Å². The van der Waals surface area contributed by atoms with Gasteiger partial charge in [0.2, 0.25) is 0 Å². The predicted molar refractivity (Wildman–Crippen MR) is 93.1 cm³/mol. The Morgan fingerprint density at radius 1 is 1.08 bits per heavy atom. The fourth-order valence-electron chi connectivity index (χ4n) is 2.88. The number of rotatable bonds is 4. The SMILES string of the molecule is Cc1ccc(O[C@@H](C)C(=O)N2CCN(c3cccc[nH+]3)CC2)cc1. The Labute approximate surface area is 142 Å². The molecule has 5 heteroatoms. The van der Waals surface area contributed by atoms with Gasteiger partial charge in [-0.25, -0.2) is 4.98 Å². The maximum absolute atomic E-state index is 12.6. The van der Waals surface area contributed by atoms with Gasteiger partial charge in [-0.15, -0.1) is 0 Å². The second kappa shape index (κ2) is 7.34. The summed E-state index contributed by atoms with van der Waals surface area (Å²) in [4.78, 5) is 20.0. The van der Waals surface area contributed by atoms with Crippen LogP contribution in [-0.4, -0.2) is 43.1 Å². The summed E-state index contributed by atoms with van der Waals surface area (Å²) < 4.78 is 5.78. The number of amides is 1. The van der Waals surface area contributed by atoms with Gasteiger partial charge in [0, 0.05) is 6.07 Å². The first-order valence-electron chi connectivity index (χ1n) is 8.37. The third kappa shape index (κ3) is 3.85. The molecular formula is C19H24N3O2+. The lowest BCUT2D eigenvalue weighted by atomic mass is 10.2. The van der Waals surface area contributed by atoms with Crippen LogP contribution in [0.3, 0.4) is 0 Å². The summed E-state index contributed by atoms with van der Waals surface area (Å²) in [5.74, 6) is 1.87. The molecule has 1 saturated heterocycles. The monoisotopic (exact) mass is 326 g/mol. The molecule has 0 aliphatic carbocycles. The Bertz CT molecular complexity index is 665. The zero-order valence-corrected chi connectivity index (χ0v) is 14.2. The van der Waals surface area contributed by atoms with E-state index in [1.807, 2.05) is 61.3 Å². The molecule has 126 valence electrons. The molecule has 1 aliphatic heterocycles. The van der Waals surface area contributed by atoms with E-state index in [4.69, 9.17) is 4.74 Å². The van der Waals surface area contributed by atoms with Crippen LogP contribution in [0.2, 0.25) is 0 Å². The quantitative estimate of drug-likeness (QED) is 0.862. The maximum atomic E-state index is 12.6. The summed E-state index contributed by atoms with van der Waals surface area (Å²) in [6.45, 7) is 6.92. The van der Waals surface area contributed by atoms with Crippen LogP contribution in [0.1, 0.15) is 12.5 Å². The molecule has 2 aromatic rings. The summed E-state index contributed by atoms with van der Waals surface area (Å²) in [5, 5.41) is 0. The minimum absolute atomic E-state index is 0.0484. The van der Waals surface area contributed by atoms with E-state index in [-0.39, 0.29) is 5.91 Å². The summed E-state index contributed by atoms with van der Waals surface area (Å²) in [7, 11) is 0. The molecule has 0 unspecified atom stereocenters. The minimum Gasteiger partial charge on any atom is -0.481 e. The molecule has 1 aromatic carbocycles. The average molecular weight is 326 g/mol. The Hall–Kier alpha value is -2.56. The molecule has 1 amide bonds. The van der Waals surface area contributed by atoms with Crippen LogP contribution in [0, 0.1) is 6.92 Å². The van der Waals surface area contributed by atoms with Crippen molar-refractivity contribution in [3.05, 3.63) is 54.2 Å². The fourth-order valence-corrected chi connectivity index (χ4v) is 2.88. The van der Waals surface area contributed by atoms with E-state index in [0.29, 0.717) is 13.1 Å². The Kier molecular flexibility index (Phi) is 4.99. The van der Waals surface area contributed by atoms with Crippen molar-refractivity contribution in [3.8, 4) is 5.75 Å². The van der Waals surface area contributed by atoms with Gasteiger partial charge in [0.1, 0.15) is 18.8 Å². The number of aromatic nitrogens is 1. The molecule has 1 N–H and O–H groups in total. The largest absolute Gasteiger partial charge is 0.481 e. The number of benzene rings is 1. The second-order valence-electron chi connectivity index (χ2n) is 6.13. The van der Waals surface area contributed by atoms with Crippen LogP contribution >= 0.6 is 0 Å². The highest BCUT2D eigenvalue weighted by atomic mass is 16.5. The number of aryl methyl sites for hydroxylation is 1. The number of H-pyrrole nitrogens is 1. The van der Waals surface area contributed by atoms with Crippen molar-refractivity contribution in [2.24, 2.45) is 0 Å². The average Bonchev–Trinajstić information content (AvgIpc) is 2.64. The summed E-state index contributed by atoms with van der Waals surface area (Å²) in [6.07, 6.45) is 1.45. The highest BCUT2D eigenvalue weighted by Crippen LogP contribution is 2.16. The number of nitrogens with one attached hydrogen (secondary N) is 1. The van der Waals surface area contributed by atoms with Gasteiger partial charge in [0.15, 0.2) is 6.10 Å². The van der Waals surface area contributed by atoms with Crippen molar-refractivity contribution in [1.29, 1.82) is 0 Å². The first-order chi connectivity index (χ1) is 11.6. The van der Waals surface area contributed by atoms with E-state index in [2.05, 4.69) is 16.0 Å². The number of aromatic amines is 1. The molecule has 0 spiro atoms. The predicted octanol–water partition coefficient (Wildman–Crippen LogP) is 1.93. The number of pyridine rings is 1. The molecule has 0 radical (unpaired) electrons. The van der Waals surface area contributed by atoms with E-state index < -0.39 is 6.10 Å². The molecular weight excluding hydrogens is 302 g/mol. The van der Waals surface area contributed by atoms with Gasteiger partial charge in [-0.2, -0.15) is 0 Å². The number of carbonyl (C=O) groups excluding carboxylic acids is 1. The molecule has 3 rings (SSSR count). The molecule has 0 saturated carbocycles. The van der Waals surface area contributed by atoms with Gasteiger partial charge >= 0.3 is 0 Å². The Balaban J connectivity index is 1.53. The van der Waals surface area contributed by atoms with Gasteiger partial charge < -0.3 is 9.64 Å². The Morgan fingerprint density at radius 2 is 1.79 bits per heavy atom. The molecule has 1 atom stereocenters. The Morgan fingerprint density at radius 3 is 2.42 bits per heavy atom. The van der Waals surface area contributed by atoms with Gasteiger partial charge in [-0.1, -0.05) is 23.8 Å². The van der Waals surface area contributed by atoms with Crippen LogP contribution < -0.4 is 14.6 Å². The normalized spacial score (nSPS) is 15.9. The van der Waals surface area contributed by atoms with Crippen molar-refractivity contribution >= 4 is 11.7 Å². The number of piperazine rings is 1. The van der Waals surface area contributed by atoms with Crippen LogP contribution in [0.15, 0.2) is 48.7 Å². The number of ether oxygens (including phenoxy) is 1. The summed E-state index contributed by atoms with van der Waals surface area (Å²) >= 11 is 0. The third-order valence-corrected chi connectivity index (χ3v) is 4.31. The van der Waals surface area contributed by atoms with Crippen molar-refractivity contribution in [1.82, 2.24) is 4.90 Å². The van der Waals surface area contributed by atoms with Crippen LogP contribution in [-0.2, 0) is 4.79 Å². The molecule has 1 aliphatic rings. The van der Waals surface area contributed by atoms with E-state index in [1.165, 1.54) is 5.56 Å². The number of nitrogens with zero attached hydrogens (tertiary/aromatic N) is 2. The molecule has 24 heavy (non-hydrogen) atoms. The summed E-state index contributed by atoms with van der Waals surface area (Å²) in [6, 6.07) is 13.8. The number of carbonyl (C=O) groups is 1. The van der Waals surface area contributed by atoms with Gasteiger partial charge in [-0.3, -0.25) is 9.69 Å². The van der Waals surface area contributed by atoms with Crippen LogP contribution in [0.25, 0.3) is 0 Å². The van der Waals surface area contributed by atoms with Gasteiger partial charge in [-0.05, 0) is 32.0 Å². The van der Waals surface area contributed by atoms with Crippen molar-refractivity contribution < 1.29 is 14.5 Å². The summed E-state index contributed by atoms with van der Waals surface area (Å²) in [5.41, 5.74) is 1.18. The lowest BCUT2D eigenvalue weighted by Crippen LogP contribution is -2.52. The fraction of sp³-hybridized carbons (Fsp3) is 0.368. The maximum Gasteiger partial charge on any atom is 0.274 e.